The molecule has 8 heteroatoms. The molecule has 0 bridgehead atoms. The highest BCUT2D eigenvalue weighted by atomic mass is 32.2. The van der Waals surface area contributed by atoms with Gasteiger partial charge < -0.3 is 9.47 Å². The fourth-order valence-electron chi connectivity index (χ4n) is 2.48. The first-order valence-corrected chi connectivity index (χ1v) is 10.3. The summed E-state index contributed by atoms with van der Waals surface area (Å²) in [6, 6.07) is 3.45. The lowest BCUT2D eigenvalue weighted by Gasteiger charge is -2.29. The van der Waals surface area contributed by atoms with Crippen molar-refractivity contribution in [3.8, 4) is 0 Å². The standard InChI is InChI=1S/C20H30N2O5S/c1-7-20(13-28-14(3)23,17(24)26-8-2)11-15-9-10-16(21-12-15)22-18(25)27-19(4,5)6/h9-10,12H,7-8,11,13H2,1-6H3,(H,21,22,25). The number of ether oxygens (including phenoxy) is 2. The Labute approximate surface area is 171 Å². The maximum atomic E-state index is 12.6. The van der Waals surface area contributed by atoms with Crippen molar-refractivity contribution in [1.82, 2.24) is 4.98 Å². The van der Waals surface area contributed by atoms with Crippen LogP contribution in [0, 0.1) is 5.41 Å². The van der Waals surface area contributed by atoms with Crippen molar-refractivity contribution < 1.29 is 23.9 Å². The molecule has 1 aromatic heterocycles. The molecule has 0 spiro atoms. The maximum absolute atomic E-state index is 12.6. The van der Waals surface area contributed by atoms with Crippen molar-refractivity contribution >= 4 is 34.8 Å². The number of carbonyl (C=O) groups is 3. The number of nitrogens with zero attached hydrogens (tertiary/aromatic N) is 1. The van der Waals surface area contributed by atoms with E-state index in [1.165, 1.54) is 6.92 Å². The van der Waals surface area contributed by atoms with Gasteiger partial charge in [0.05, 0.1) is 12.0 Å². The molecule has 1 aromatic rings. The molecular formula is C20H30N2O5S. The Bertz CT molecular complexity index is 685. The van der Waals surface area contributed by atoms with Gasteiger partial charge in [0.2, 0.25) is 0 Å². The van der Waals surface area contributed by atoms with E-state index in [0.29, 0.717) is 24.4 Å². The lowest BCUT2D eigenvalue weighted by atomic mass is 9.81. The average molecular weight is 411 g/mol. The highest BCUT2D eigenvalue weighted by Crippen LogP contribution is 2.33. The zero-order chi connectivity index (χ0) is 21.4. The van der Waals surface area contributed by atoms with E-state index >= 15 is 0 Å². The summed E-state index contributed by atoms with van der Waals surface area (Å²) in [6.07, 6.45) is 1.95. The van der Waals surface area contributed by atoms with E-state index in [2.05, 4.69) is 10.3 Å². The van der Waals surface area contributed by atoms with E-state index in [1.807, 2.05) is 6.92 Å². The highest BCUT2D eigenvalue weighted by Gasteiger charge is 2.39. The van der Waals surface area contributed by atoms with Crippen LogP contribution >= 0.6 is 11.8 Å². The van der Waals surface area contributed by atoms with Gasteiger partial charge >= 0.3 is 12.1 Å². The number of amides is 1. The largest absolute Gasteiger partial charge is 0.466 e. The molecule has 0 aliphatic rings. The summed E-state index contributed by atoms with van der Waals surface area (Å²) in [7, 11) is 0. The second-order valence-corrected chi connectivity index (χ2v) is 8.64. The quantitative estimate of drug-likeness (QED) is 0.641. The van der Waals surface area contributed by atoms with Crippen LogP contribution in [-0.2, 0) is 25.5 Å². The van der Waals surface area contributed by atoms with Crippen LogP contribution in [0.2, 0.25) is 0 Å². The third-order valence-electron chi connectivity index (χ3n) is 3.93. The first kappa shape index (κ1) is 23.9. The number of nitrogens with one attached hydrogen (secondary N) is 1. The van der Waals surface area contributed by atoms with Gasteiger partial charge in [-0.3, -0.25) is 14.9 Å². The second-order valence-electron chi connectivity index (χ2n) is 7.49. The fourth-order valence-corrected chi connectivity index (χ4v) is 3.38. The Morgan fingerprint density at radius 2 is 1.86 bits per heavy atom. The number of carbonyl (C=O) groups excluding carboxylic acids is 3. The molecule has 1 N–H and O–H groups in total. The predicted octanol–water partition coefficient (Wildman–Crippen LogP) is 4.21. The monoisotopic (exact) mass is 410 g/mol. The van der Waals surface area contributed by atoms with Gasteiger partial charge in [-0.25, -0.2) is 9.78 Å². The summed E-state index contributed by atoms with van der Waals surface area (Å²) in [5, 5.41) is 2.53. The van der Waals surface area contributed by atoms with E-state index in [9.17, 15) is 14.4 Å². The number of esters is 1. The minimum absolute atomic E-state index is 0.0443. The van der Waals surface area contributed by atoms with Crippen LogP contribution < -0.4 is 5.32 Å². The Morgan fingerprint density at radius 3 is 2.32 bits per heavy atom. The fraction of sp³-hybridized carbons (Fsp3) is 0.600. The normalized spacial score (nSPS) is 13.4. The van der Waals surface area contributed by atoms with Gasteiger partial charge in [-0.2, -0.15) is 0 Å². The first-order chi connectivity index (χ1) is 13.0. The third kappa shape index (κ3) is 7.88. The summed E-state index contributed by atoms with van der Waals surface area (Å²) < 4.78 is 10.5. The molecule has 0 saturated heterocycles. The second kappa shape index (κ2) is 10.5. The van der Waals surface area contributed by atoms with Crippen molar-refractivity contribution in [2.24, 2.45) is 5.41 Å². The van der Waals surface area contributed by atoms with E-state index in [4.69, 9.17) is 9.47 Å². The zero-order valence-electron chi connectivity index (χ0n) is 17.5. The van der Waals surface area contributed by atoms with E-state index in [0.717, 1.165) is 17.3 Å². The molecule has 0 aliphatic heterocycles. The van der Waals surface area contributed by atoms with Crippen molar-refractivity contribution in [3.63, 3.8) is 0 Å². The van der Waals surface area contributed by atoms with Gasteiger partial charge in [-0.05, 0) is 52.2 Å². The average Bonchev–Trinajstić information content (AvgIpc) is 2.58. The van der Waals surface area contributed by atoms with Crippen molar-refractivity contribution in [3.05, 3.63) is 23.9 Å². The number of pyridine rings is 1. The van der Waals surface area contributed by atoms with Gasteiger partial charge in [0, 0.05) is 18.9 Å². The van der Waals surface area contributed by atoms with Gasteiger partial charge in [0.1, 0.15) is 11.4 Å². The number of hydrogen-bond donors (Lipinski definition) is 1. The molecular weight excluding hydrogens is 380 g/mol. The molecule has 1 amide bonds. The molecule has 0 fully saturated rings. The van der Waals surface area contributed by atoms with E-state index in [-0.39, 0.29) is 17.7 Å². The minimum Gasteiger partial charge on any atom is -0.466 e. The molecule has 156 valence electrons. The van der Waals surface area contributed by atoms with Gasteiger partial charge in [0.15, 0.2) is 5.12 Å². The lowest BCUT2D eigenvalue weighted by molar-refractivity contribution is -0.154. The first-order valence-electron chi connectivity index (χ1n) is 9.27. The Balaban J connectivity index is 2.92. The molecule has 7 nitrogen and oxygen atoms in total. The molecule has 0 aromatic carbocycles. The molecule has 1 rings (SSSR count). The molecule has 1 atom stereocenters. The molecule has 0 radical (unpaired) electrons. The summed E-state index contributed by atoms with van der Waals surface area (Å²) in [5.41, 5.74) is -0.596. The van der Waals surface area contributed by atoms with Crippen LogP contribution in [0.1, 0.15) is 53.5 Å². The molecule has 1 unspecified atom stereocenters. The minimum atomic E-state index is -0.811. The summed E-state index contributed by atoms with van der Waals surface area (Å²) in [5.74, 6) is 0.381. The van der Waals surface area contributed by atoms with Gasteiger partial charge in [0.25, 0.3) is 0 Å². The number of anilines is 1. The topological polar surface area (TPSA) is 94.6 Å². The summed E-state index contributed by atoms with van der Waals surface area (Å²) in [6.45, 7) is 10.8. The van der Waals surface area contributed by atoms with E-state index < -0.39 is 17.1 Å². The third-order valence-corrected chi connectivity index (χ3v) is 5.04. The number of hydrogen-bond acceptors (Lipinski definition) is 7. The zero-order valence-corrected chi connectivity index (χ0v) is 18.3. The molecule has 0 aliphatic carbocycles. The number of aromatic nitrogens is 1. The maximum Gasteiger partial charge on any atom is 0.413 e. The summed E-state index contributed by atoms with van der Waals surface area (Å²) in [4.78, 5) is 40.1. The van der Waals surface area contributed by atoms with Gasteiger partial charge in [-0.15, -0.1) is 0 Å². The predicted molar refractivity (Wildman–Crippen MR) is 110 cm³/mol. The van der Waals surface area contributed by atoms with Crippen LogP contribution in [-0.4, -0.2) is 40.1 Å². The smallest absolute Gasteiger partial charge is 0.413 e. The Hall–Kier alpha value is -2.09. The SMILES string of the molecule is CCOC(=O)C(CC)(CSC(C)=O)Cc1ccc(NC(=O)OC(C)(C)C)nc1. The van der Waals surface area contributed by atoms with E-state index in [1.54, 1.807) is 46.0 Å². The van der Waals surface area contributed by atoms with Crippen LogP contribution in [0.25, 0.3) is 0 Å². The van der Waals surface area contributed by atoms with Gasteiger partial charge in [-0.1, -0.05) is 24.8 Å². The van der Waals surface area contributed by atoms with Crippen molar-refractivity contribution in [2.45, 2.75) is 60.0 Å². The summed E-state index contributed by atoms with van der Waals surface area (Å²) >= 11 is 1.12. The molecule has 0 saturated carbocycles. The van der Waals surface area contributed by atoms with Crippen LogP contribution in [0.5, 0.6) is 0 Å². The van der Waals surface area contributed by atoms with Crippen LogP contribution in [0.15, 0.2) is 18.3 Å². The number of thioether (sulfide) groups is 1. The number of rotatable bonds is 8. The van der Waals surface area contributed by atoms with Crippen LogP contribution in [0.3, 0.4) is 0 Å². The Kier molecular flexibility index (Phi) is 8.94. The molecule has 28 heavy (non-hydrogen) atoms. The van der Waals surface area contributed by atoms with Crippen molar-refractivity contribution in [2.75, 3.05) is 17.7 Å². The highest BCUT2D eigenvalue weighted by molar-refractivity contribution is 8.13. The van der Waals surface area contributed by atoms with Crippen LogP contribution in [0.4, 0.5) is 10.6 Å². The lowest BCUT2D eigenvalue weighted by Crippen LogP contribution is -2.37. The molecule has 1 heterocycles. The Morgan fingerprint density at radius 1 is 1.18 bits per heavy atom. The van der Waals surface area contributed by atoms with Crippen molar-refractivity contribution in [1.29, 1.82) is 0 Å².